The number of benzene rings is 2. The van der Waals surface area contributed by atoms with Crippen molar-refractivity contribution in [2.24, 2.45) is 0 Å². The maximum Gasteiger partial charge on any atom is 0.246 e. The molecule has 1 amide bonds. The Labute approximate surface area is 149 Å². The zero-order chi connectivity index (χ0) is 17.8. The molecule has 0 N–H and O–H groups in total. The van der Waals surface area contributed by atoms with Crippen LogP contribution in [-0.4, -0.2) is 28.0 Å². The molecule has 0 fully saturated rings. The van der Waals surface area contributed by atoms with Crippen molar-refractivity contribution in [2.75, 3.05) is 7.05 Å². The van der Waals surface area contributed by atoms with Gasteiger partial charge in [-0.15, -0.1) is 0 Å². The van der Waals surface area contributed by atoms with E-state index in [9.17, 15) is 9.18 Å². The highest BCUT2D eigenvalue weighted by atomic mass is 35.5. The summed E-state index contributed by atoms with van der Waals surface area (Å²) >= 11 is 6.11. The molecule has 7 heteroatoms. The minimum Gasteiger partial charge on any atom is -0.337 e. The average Bonchev–Trinajstić information content (AvgIpc) is 3.05. The molecule has 128 valence electrons. The summed E-state index contributed by atoms with van der Waals surface area (Å²) in [5.74, 6) is -0.0134. The van der Waals surface area contributed by atoms with E-state index in [0.29, 0.717) is 22.0 Å². The van der Waals surface area contributed by atoms with Crippen LogP contribution in [0.3, 0.4) is 0 Å². The van der Waals surface area contributed by atoms with E-state index in [1.165, 1.54) is 11.0 Å². The Morgan fingerprint density at radius 2 is 1.92 bits per heavy atom. The third-order valence-corrected chi connectivity index (χ3v) is 4.01. The van der Waals surface area contributed by atoms with Crippen molar-refractivity contribution in [3.8, 4) is 11.4 Å². The molecule has 25 heavy (non-hydrogen) atoms. The maximum absolute atomic E-state index is 13.6. The highest BCUT2D eigenvalue weighted by molar-refractivity contribution is 6.33. The van der Waals surface area contributed by atoms with Crippen LogP contribution in [0, 0.1) is 5.82 Å². The molecule has 0 saturated carbocycles. The fourth-order valence-electron chi connectivity index (χ4n) is 2.30. The first-order chi connectivity index (χ1) is 12.0. The van der Waals surface area contributed by atoms with Gasteiger partial charge < -0.3 is 9.42 Å². The Morgan fingerprint density at radius 3 is 2.68 bits per heavy atom. The SMILES string of the molecule is CN(Cc1nc(-c2ccccc2Cl)no1)C(=O)Cc1ccccc1F. The first-order valence-corrected chi connectivity index (χ1v) is 7.97. The lowest BCUT2D eigenvalue weighted by Crippen LogP contribution is -2.28. The van der Waals surface area contributed by atoms with Gasteiger partial charge in [-0.1, -0.05) is 47.1 Å². The average molecular weight is 360 g/mol. The molecule has 3 rings (SSSR count). The number of carbonyl (C=O) groups is 1. The predicted molar refractivity (Wildman–Crippen MR) is 91.3 cm³/mol. The summed E-state index contributed by atoms with van der Waals surface area (Å²) in [6.07, 6.45) is -0.0331. The first kappa shape index (κ1) is 17.1. The number of likely N-dealkylation sites (N-methyl/N-ethyl adjacent to an activating group) is 1. The lowest BCUT2D eigenvalue weighted by Gasteiger charge is -2.14. The zero-order valence-electron chi connectivity index (χ0n) is 13.4. The van der Waals surface area contributed by atoms with Crippen molar-refractivity contribution in [2.45, 2.75) is 13.0 Å². The second-order valence-electron chi connectivity index (χ2n) is 5.51. The number of hydrogen-bond donors (Lipinski definition) is 0. The standard InChI is InChI=1S/C18H15ClFN3O2/c1-23(17(24)10-12-6-2-5-9-15(12)20)11-16-21-18(22-25-16)13-7-3-4-8-14(13)19/h2-9H,10-11H2,1H3. The summed E-state index contributed by atoms with van der Waals surface area (Å²) < 4.78 is 18.8. The third-order valence-electron chi connectivity index (χ3n) is 3.68. The van der Waals surface area contributed by atoms with Crippen molar-refractivity contribution in [3.63, 3.8) is 0 Å². The number of amides is 1. The molecule has 0 spiro atoms. The van der Waals surface area contributed by atoms with Gasteiger partial charge in [0.15, 0.2) is 0 Å². The summed E-state index contributed by atoms with van der Waals surface area (Å²) in [6, 6.07) is 13.3. The highest BCUT2D eigenvalue weighted by Gasteiger charge is 2.17. The van der Waals surface area contributed by atoms with Crippen LogP contribution in [0.4, 0.5) is 4.39 Å². The minimum absolute atomic E-state index is 0.0331. The second kappa shape index (κ2) is 7.44. The number of aromatic nitrogens is 2. The fraction of sp³-hybridized carbons (Fsp3) is 0.167. The van der Waals surface area contributed by atoms with Crippen LogP contribution in [0.15, 0.2) is 53.1 Å². The van der Waals surface area contributed by atoms with Crippen molar-refractivity contribution < 1.29 is 13.7 Å². The molecule has 1 heterocycles. The van der Waals surface area contributed by atoms with Crippen molar-refractivity contribution >= 4 is 17.5 Å². The molecule has 0 aliphatic rings. The van der Waals surface area contributed by atoms with Crippen LogP contribution in [0.2, 0.25) is 5.02 Å². The summed E-state index contributed by atoms with van der Waals surface area (Å²) in [4.78, 5) is 17.9. The molecule has 0 atom stereocenters. The van der Waals surface area contributed by atoms with Gasteiger partial charge in [-0.05, 0) is 23.8 Å². The van der Waals surface area contributed by atoms with E-state index in [-0.39, 0.29) is 24.8 Å². The number of rotatable bonds is 5. The van der Waals surface area contributed by atoms with Crippen LogP contribution in [0.5, 0.6) is 0 Å². The van der Waals surface area contributed by atoms with Crippen LogP contribution in [0.25, 0.3) is 11.4 Å². The van der Waals surface area contributed by atoms with Crippen LogP contribution >= 0.6 is 11.6 Å². The van der Waals surface area contributed by atoms with Gasteiger partial charge in [0, 0.05) is 12.6 Å². The van der Waals surface area contributed by atoms with Gasteiger partial charge in [0.05, 0.1) is 18.0 Å². The Morgan fingerprint density at radius 1 is 1.20 bits per heavy atom. The molecule has 5 nitrogen and oxygen atoms in total. The predicted octanol–water partition coefficient (Wildman–Crippen LogP) is 3.73. The smallest absolute Gasteiger partial charge is 0.246 e. The van der Waals surface area contributed by atoms with Gasteiger partial charge in [-0.3, -0.25) is 4.79 Å². The number of halogens is 2. The Kier molecular flexibility index (Phi) is 5.09. The topological polar surface area (TPSA) is 59.2 Å². The van der Waals surface area contributed by atoms with E-state index in [4.69, 9.17) is 16.1 Å². The molecule has 2 aromatic carbocycles. The van der Waals surface area contributed by atoms with E-state index in [0.717, 1.165) is 0 Å². The minimum atomic E-state index is -0.400. The van der Waals surface area contributed by atoms with E-state index >= 15 is 0 Å². The second-order valence-corrected chi connectivity index (χ2v) is 5.92. The molecule has 0 aliphatic carbocycles. The molecular weight excluding hydrogens is 345 g/mol. The monoisotopic (exact) mass is 359 g/mol. The highest BCUT2D eigenvalue weighted by Crippen LogP contribution is 2.25. The molecular formula is C18H15ClFN3O2. The third kappa shape index (κ3) is 4.03. The van der Waals surface area contributed by atoms with Gasteiger partial charge in [0.1, 0.15) is 5.82 Å². The fourth-order valence-corrected chi connectivity index (χ4v) is 2.52. The van der Waals surface area contributed by atoms with E-state index in [1.54, 1.807) is 37.4 Å². The molecule has 0 radical (unpaired) electrons. The van der Waals surface area contributed by atoms with Gasteiger partial charge in [0.2, 0.25) is 17.6 Å². The van der Waals surface area contributed by atoms with Gasteiger partial charge >= 0.3 is 0 Å². The molecule has 0 unspecified atom stereocenters. The Hall–Kier alpha value is -2.73. The number of carbonyl (C=O) groups excluding carboxylic acids is 1. The summed E-state index contributed by atoms with van der Waals surface area (Å²) in [5.41, 5.74) is 1.00. The summed E-state index contributed by atoms with van der Waals surface area (Å²) in [7, 11) is 1.60. The molecule has 0 bridgehead atoms. The normalized spacial score (nSPS) is 10.7. The lowest BCUT2D eigenvalue weighted by molar-refractivity contribution is -0.130. The summed E-state index contributed by atoms with van der Waals surface area (Å²) in [6.45, 7) is 0.130. The van der Waals surface area contributed by atoms with Crippen LogP contribution in [0.1, 0.15) is 11.5 Å². The van der Waals surface area contributed by atoms with Crippen molar-refractivity contribution in [1.29, 1.82) is 0 Å². The van der Waals surface area contributed by atoms with E-state index in [1.807, 2.05) is 12.1 Å². The Balaban J connectivity index is 1.67. The largest absolute Gasteiger partial charge is 0.337 e. The first-order valence-electron chi connectivity index (χ1n) is 7.59. The van der Waals surface area contributed by atoms with Crippen molar-refractivity contribution in [1.82, 2.24) is 15.0 Å². The molecule has 1 aromatic heterocycles. The molecule has 0 aliphatic heterocycles. The van der Waals surface area contributed by atoms with Gasteiger partial charge in [0.25, 0.3) is 0 Å². The quantitative estimate of drug-likeness (QED) is 0.696. The molecule has 0 saturated heterocycles. The lowest BCUT2D eigenvalue weighted by atomic mass is 10.1. The van der Waals surface area contributed by atoms with Crippen LogP contribution in [-0.2, 0) is 17.8 Å². The Bertz CT molecular complexity index is 897. The van der Waals surface area contributed by atoms with Gasteiger partial charge in [-0.25, -0.2) is 4.39 Å². The summed E-state index contributed by atoms with van der Waals surface area (Å²) in [5, 5.41) is 4.40. The van der Waals surface area contributed by atoms with Crippen molar-refractivity contribution in [3.05, 3.63) is 70.8 Å². The van der Waals surface area contributed by atoms with E-state index in [2.05, 4.69) is 10.1 Å². The zero-order valence-corrected chi connectivity index (χ0v) is 14.2. The number of hydrogen-bond acceptors (Lipinski definition) is 4. The van der Waals surface area contributed by atoms with E-state index < -0.39 is 5.82 Å². The maximum atomic E-state index is 13.6. The number of nitrogens with zero attached hydrogens (tertiary/aromatic N) is 3. The van der Waals surface area contributed by atoms with Gasteiger partial charge in [-0.2, -0.15) is 4.98 Å². The van der Waals surface area contributed by atoms with Crippen LogP contribution < -0.4 is 0 Å². The molecule has 3 aromatic rings.